The number of amides is 1. The van der Waals surface area contributed by atoms with Gasteiger partial charge in [0.25, 0.3) is 0 Å². The molecule has 194 valence electrons. The highest BCUT2D eigenvalue weighted by atomic mass is 35.5. The van der Waals surface area contributed by atoms with E-state index in [0.29, 0.717) is 37.0 Å². The summed E-state index contributed by atoms with van der Waals surface area (Å²) in [5, 5.41) is 3.89. The van der Waals surface area contributed by atoms with Crippen molar-refractivity contribution in [1.29, 1.82) is 0 Å². The lowest BCUT2D eigenvalue weighted by atomic mass is 10.0. The second-order valence-electron chi connectivity index (χ2n) is 10.2. The zero-order valence-electron chi connectivity index (χ0n) is 20.1. The minimum absolute atomic E-state index is 0.0852. The highest BCUT2D eigenvalue weighted by molar-refractivity contribution is 6.30. The Bertz CT molecular complexity index is 1050. The van der Waals surface area contributed by atoms with E-state index in [1.165, 1.54) is 11.9 Å². The molecule has 1 amide bonds. The molecule has 2 unspecified atom stereocenters. The molecule has 0 radical (unpaired) electrons. The summed E-state index contributed by atoms with van der Waals surface area (Å²) in [6, 6.07) is 9.00. The summed E-state index contributed by atoms with van der Waals surface area (Å²) in [6.07, 6.45) is -0.110. The van der Waals surface area contributed by atoms with Crippen LogP contribution in [0.25, 0.3) is 0 Å². The molecule has 2 aromatic rings. The van der Waals surface area contributed by atoms with Crippen LogP contribution in [-0.4, -0.2) is 72.5 Å². The Hall–Kier alpha value is -2.52. The maximum Gasteiger partial charge on any atom is 0.417 e. The van der Waals surface area contributed by atoms with E-state index in [4.69, 9.17) is 11.6 Å². The molecule has 4 heterocycles. The first kappa shape index (κ1) is 25.1. The average molecular weight is 522 g/mol. The first-order chi connectivity index (χ1) is 17.2. The summed E-state index contributed by atoms with van der Waals surface area (Å²) >= 11 is 6.02. The highest BCUT2D eigenvalue weighted by Crippen LogP contribution is 2.34. The predicted molar refractivity (Wildman–Crippen MR) is 134 cm³/mol. The van der Waals surface area contributed by atoms with E-state index in [1.807, 2.05) is 17.0 Å². The van der Waals surface area contributed by atoms with Gasteiger partial charge in [-0.3, -0.25) is 9.78 Å². The maximum absolute atomic E-state index is 13.0. The molecule has 0 spiro atoms. The minimum Gasteiger partial charge on any atom is -0.379 e. The van der Waals surface area contributed by atoms with E-state index in [-0.39, 0.29) is 11.9 Å². The quantitative estimate of drug-likeness (QED) is 0.601. The molecule has 3 aliphatic heterocycles. The Morgan fingerprint density at radius 2 is 1.78 bits per heavy atom. The van der Waals surface area contributed by atoms with E-state index >= 15 is 0 Å². The Kier molecular flexibility index (Phi) is 7.30. The van der Waals surface area contributed by atoms with E-state index in [1.54, 1.807) is 0 Å². The lowest BCUT2D eigenvalue weighted by Crippen LogP contribution is -2.46. The van der Waals surface area contributed by atoms with Gasteiger partial charge in [0.2, 0.25) is 5.91 Å². The van der Waals surface area contributed by atoms with Crippen molar-refractivity contribution in [2.45, 2.75) is 31.5 Å². The molecule has 6 nitrogen and oxygen atoms in total. The van der Waals surface area contributed by atoms with Crippen molar-refractivity contribution in [2.24, 2.45) is 11.8 Å². The zero-order valence-corrected chi connectivity index (χ0v) is 20.8. The number of likely N-dealkylation sites (tertiary alicyclic amines) is 2. The third-order valence-corrected chi connectivity index (χ3v) is 7.86. The van der Waals surface area contributed by atoms with Gasteiger partial charge in [0.15, 0.2) is 0 Å². The Labute approximate surface area is 214 Å². The summed E-state index contributed by atoms with van der Waals surface area (Å²) in [6.45, 7) is 6.01. The first-order valence-corrected chi connectivity index (χ1v) is 12.9. The molecule has 3 aliphatic rings. The first-order valence-electron chi connectivity index (χ1n) is 12.5. The lowest BCUT2D eigenvalue weighted by Gasteiger charge is -2.34. The molecule has 0 aliphatic carbocycles. The molecule has 3 atom stereocenters. The Balaban J connectivity index is 1.07. The molecule has 3 saturated heterocycles. The van der Waals surface area contributed by atoms with Crippen molar-refractivity contribution < 1.29 is 18.0 Å². The second kappa shape index (κ2) is 10.5. The van der Waals surface area contributed by atoms with Gasteiger partial charge in [0.1, 0.15) is 0 Å². The fourth-order valence-corrected chi connectivity index (χ4v) is 5.90. The van der Waals surface area contributed by atoms with Gasteiger partial charge in [-0.2, -0.15) is 13.2 Å². The summed E-state index contributed by atoms with van der Waals surface area (Å²) in [7, 11) is 0. The SMILES string of the molecule is O=C(CCN1CC2CN(c3ccc(Cl)cc3)CC2C1)N1CCC[C@H](Nc2cncc(C(F)(F)F)c2)C1. The number of nitrogens with zero attached hydrogens (tertiary/aromatic N) is 4. The Morgan fingerprint density at radius 3 is 2.47 bits per heavy atom. The van der Waals surface area contributed by atoms with Crippen LogP contribution in [0.15, 0.2) is 42.7 Å². The fourth-order valence-electron chi connectivity index (χ4n) is 5.78. The predicted octanol–water partition coefficient (Wildman–Crippen LogP) is 4.62. The van der Waals surface area contributed by atoms with Crippen LogP contribution in [0.5, 0.6) is 0 Å². The number of carbonyl (C=O) groups is 1. The fraction of sp³-hybridized carbons (Fsp3) is 0.538. The van der Waals surface area contributed by atoms with Crippen molar-refractivity contribution in [2.75, 3.05) is 56.0 Å². The van der Waals surface area contributed by atoms with Crippen LogP contribution >= 0.6 is 11.6 Å². The monoisotopic (exact) mass is 521 g/mol. The molecular weight excluding hydrogens is 491 g/mol. The van der Waals surface area contributed by atoms with Gasteiger partial charge in [-0.1, -0.05) is 11.6 Å². The van der Waals surface area contributed by atoms with Gasteiger partial charge in [-0.15, -0.1) is 0 Å². The summed E-state index contributed by atoms with van der Waals surface area (Å²) in [5.74, 6) is 1.34. The number of hydrogen-bond donors (Lipinski definition) is 1. The van der Waals surface area contributed by atoms with Crippen molar-refractivity contribution in [1.82, 2.24) is 14.8 Å². The standard InChI is InChI=1S/C26H31ClF3N5O/c27-21-3-5-24(6-4-21)35-15-18-13-33(14-19(18)16-35)9-7-25(36)34-8-1-2-22(17-34)32-23-10-20(11-31-12-23)26(28,29)30/h3-6,10-12,18-19,22,32H,1-2,7-9,13-17H2/t18?,19?,22-/m0/s1. The minimum atomic E-state index is -4.43. The highest BCUT2D eigenvalue weighted by Gasteiger charge is 2.40. The van der Waals surface area contributed by atoms with Crippen LogP contribution in [-0.2, 0) is 11.0 Å². The number of fused-ring (bicyclic) bond motifs is 1. The van der Waals surface area contributed by atoms with Gasteiger partial charge >= 0.3 is 6.18 Å². The van der Waals surface area contributed by atoms with Crippen molar-refractivity contribution >= 4 is 28.9 Å². The smallest absolute Gasteiger partial charge is 0.379 e. The number of rotatable bonds is 6. The van der Waals surface area contributed by atoms with Gasteiger partial charge < -0.3 is 20.0 Å². The van der Waals surface area contributed by atoms with Crippen molar-refractivity contribution in [3.05, 3.63) is 53.3 Å². The van der Waals surface area contributed by atoms with Gasteiger partial charge in [0.05, 0.1) is 11.3 Å². The topological polar surface area (TPSA) is 51.7 Å². The molecule has 5 rings (SSSR count). The largest absolute Gasteiger partial charge is 0.417 e. The van der Waals surface area contributed by atoms with E-state index in [0.717, 1.165) is 62.9 Å². The number of anilines is 2. The third kappa shape index (κ3) is 5.89. The molecule has 1 aromatic carbocycles. The molecule has 3 fully saturated rings. The molecular formula is C26H31ClF3N5O. The van der Waals surface area contributed by atoms with Crippen LogP contribution in [0.4, 0.5) is 24.5 Å². The maximum atomic E-state index is 13.0. The number of carbonyl (C=O) groups excluding carboxylic acids is 1. The average Bonchev–Trinajstić information content (AvgIpc) is 3.42. The number of hydrogen-bond acceptors (Lipinski definition) is 5. The van der Waals surface area contributed by atoms with Crippen LogP contribution in [0, 0.1) is 11.8 Å². The van der Waals surface area contributed by atoms with Crippen molar-refractivity contribution in [3.8, 4) is 0 Å². The molecule has 1 aromatic heterocycles. The van der Waals surface area contributed by atoms with E-state index < -0.39 is 11.7 Å². The number of alkyl halides is 3. The van der Waals surface area contributed by atoms with Crippen LogP contribution in [0.1, 0.15) is 24.8 Å². The van der Waals surface area contributed by atoms with Crippen LogP contribution in [0.2, 0.25) is 5.02 Å². The van der Waals surface area contributed by atoms with E-state index in [2.05, 4.69) is 32.2 Å². The summed E-state index contributed by atoms with van der Waals surface area (Å²) < 4.78 is 38.9. The van der Waals surface area contributed by atoms with Gasteiger partial charge in [-0.25, -0.2) is 0 Å². The number of piperidine rings is 1. The van der Waals surface area contributed by atoms with Crippen molar-refractivity contribution in [3.63, 3.8) is 0 Å². The molecule has 1 N–H and O–H groups in total. The molecule has 36 heavy (non-hydrogen) atoms. The molecule has 0 saturated carbocycles. The van der Waals surface area contributed by atoms with Gasteiger partial charge in [-0.05, 0) is 55.0 Å². The van der Waals surface area contributed by atoms with Crippen LogP contribution in [0.3, 0.4) is 0 Å². The molecule has 0 bridgehead atoms. The number of halogens is 4. The number of pyridine rings is 1. The third-order valence-electron chi connectivity index (χ3n) is 7.61. The second-order valence-corrected chi connectivity index (χ2v) is 10.6. The number of nitrogens with one attached hydrogen (secondary N) is 1. The summed E-state index contributed by atoms with van der Waals surface area (Å²) in [5.41, 5.74) is 0.771. The van der Waals surface area contributed by atoms with Crippen LogP contribution < -0.4 is 10.2 Å². The normalized spacial score (nSPS) is 24.7. The molecule has 10 heteroatoms. The van der Waals surface area contributed by atoms with E-state index in [9.17, 15) is 18.0 Å². The Morgan fingerprint density at radius 1 is 1.06 bits per heavy atom. The number of benzene rings is 1. The summed E-state index contributed by atoms with van der Waals surface area (Å²) in [4.78, 5) is 23.3. The number of aromatic nitrogens is 1. The lowest BCUT2D eigenvalue weighted by molar-refractivity contribution is -0.137. The van der Waals surface area contributed by atoms with Gasteiger partial charge in [0, 0.05) is 81.4 Å². The zero-order chi connectivity index (χ0) is 25.3.